The van der Waals surface area contributed by atoms with E-state index in [-0.39, 0.29) is 42.2 Å². The summed E-state index contributed by atoms with van der Waals surface area (Å²) >= 11 is 6.29. The zero-order valence-corrected chi connectivity index (χ0v) is 17.4. The molecule has 4 atom stereocenters. The Hall–Kier alpha value is -3.14. The smallest absolute Gasteiger partial charge is 0.243 e. The predicted molar refractivity (Wildman–Crippen MR) is 112 cm³/mol. The summed E-state index contributed by atoms with van der Waals surface area (Å²) in [6.07, 6.45) is 9.82. The minimum atomic E-state index is -0.326. The van der Waals surface area contributed by atoms with Crippen LogP contribution in [0.4, 0.5) is 17.5 Å². The van der Waals surface area contributed by atoms with Gasteiger partial charge in [-0.1, -0.05) is 23.8 Å². The van der Waals surface area contributed by atoms with Crippen LogP contribution < -0.4 is 16.4 Å². The first kappa shape index (κ1) is 20.1. The van der Waals surface area contributed by atoms with Crippen LogP contribution in [-0.4, -0.2) is 56.6 Å². The van der Waals surface area contributed by atoms with Gasteiger partial charge in [-0.3, -0.25) is 14.3 Å². The molecule has 4 rings (SSSR count). The van der Waals surface area contributed by atoms with E-state index < -0.39 is 0 Å². The molecule has 0 spiro atoms. The van der Waals surface area contributed by atoms with Crippen LogP contribution in [0.3, 0.4) is 0 Å². The zero-order chi connectivity index (χ0) is 21.4. The van der Waals surface area contributed by atoms with Gasteiger partial charge in [0.1, 0.15) is 11.6 Å². The van der Waals surface area contributed by atoms with E-state index in [4.69, 9.17) is 17.3 Å². The Bertz CT molecular complexity index is 1000. The lowest BCUT2D eigenvalue weighted by atomic mass is 9.88. The van der Waals surface area contributed by atoms with E-state index in [0.29, 0.717) is 22.5 Å². The van der Waals surface area contributed by atoms with E-state index >= 15 is 0 Å². The van der Waals surface area contributed by atoms with Gasteiger partial charge in [-0.2, -0.15) is 10.1 Å². The minimum absolute atomic E-state index is 0.0669. The minimum Gasteiger partial charge on any atom is -0.369 e. The van der Waals surface area contributed by atoms with E-state index in [1.807, 2.05) is 0 Å². The standard InChI is InChI=1S/C19H23ClN8O2/c1-27(2)14(29)9-28-8-12(6-23-28)24-19-22-7-13(20)18(26-19)25-16-11-4-3-10(5-11)15(16)17(21)30/h3-4,6-8,10-11,15-16H,5,9H2,1-2H3,(H2,21,30)(H2,22,24,25,26)/t10-,11-,15-,16+/m0/s1. The highest BCUT2D eigenvalue weighted by atomic mass is 35.5. The number of carbonyl (C=O) groups excluding carboxylic acids is 2. The van der Waals surface area contributed by atoms with Gasteiger partial charge >= 0.3 is 0 Å². The number of allylic oxidation sites excluding steroid dienone is 1. The number of hydrogen-bond donors (Lipinski definition) is 3. The van der Waals surface area contributed by atoms with Crippen LogP contribution in [0, 0.1) is 17.8 Å². The molecule has 2 heterocycles. The number of halogens is 1. The van der Waals surface area contributed by atoms with E-state index in [9.17, 15) is 9.59 Å². The molecule has 11 heteroatoms. The Balaban J connectivity index is 1.48. The van der Waals surface area contributed by atoms with Crippen LogP contribution in [0.15, 0.2) is 30.7 Å². The SMILES string of the molecule is CN(C)C(=O)Cn1cc(Nc2ncc(Cl)c(N[C@H]3[C@@H](C(N)=O)[C@H]4C=C[C@H]3C4)n2)cn1. The average molecular weight is 431 g/mol. The first-order valence-electron chi connectivity index (χ1n) is 9.58. The second-order valence-corrected chi connectivity index (χ2v) is 8.18. The Labute approximate surface area is 178 Å². The maximum Gasteiger partial charge on any atom is 0.243 e. The molecule has 2 aromatic heterocycles. The summed E-state index contributed by atoms with van der Waals surface area (Å²) in [6, 6.07) is -0.155. The summed E-state index contributed by atoms with van der Waals surface area (Å²) in [5.74, 6) is 0.419. The Morgan fingerprint density at radius 2 is 2.07 bits per heavy atom. The highest BCUT2D eigenvalue weighted by Gasteiger charge is 2.47. The molecule has 10 nitrogen and oxygen atoms in total. The number of aromatic nitrogens is 4. The van der Waals surface area contributed by atoms with E-state index in [1.165, 1.54) is 15.8 Å². The Kier molecular flexibility index (Phi) is 5.33. The lowest BCUT2D eigenvalue weighted by Crippen LogP contribution is -2.41. The van der Waals surface area contributed by atoms with Crippen molar-refractivity contribution in [2.75, 3.05) is 24.7 Å². The third-order valence-corrected chi connectivity index (χ3v) is 5.80. The molecule has 30 heavy (non-hydrogen) atoms. The first-order valence-corrected chi connectivity index (χ1v) is 9.96. The topological polar surface area (TPSA) is 131 Å². The first-order chi connectivity index (χ1) is 14.3. The number of primary amides is 1. The number of hydrogen-bond acceptors (Lipinski definition) is 7. The fraction of sp³-hybridized carbons (Fsp3) is 0.421. The van der Waals surface area contributed by atoms with Crippen LogP contribution in [0.2, 0.25) is 5.02 Å². The van der Waals surface area contributed by atoms with Crippen molar-refractivity contribution in [3.8, 4) is 0 Å². The van der Waals surface area contributed by atoms with Crippen LogP contribution in [0.5, 0.6) is 0 Å². The Morgan fingerprint density at radius 3 is 2.80 bits per heavy atom. The van der Waals surface area contributed by atoms with E-state index in [1.54, 1.807) is 26.5 Å². The summed E-state index contributed by atoms with van der Waals surface area (Å²) in [4.78, 5) is 33.9. The molecule has 158 valence electrons. The maximum atomic E-state index is 11.9. The van der Waals surface area contributed by atoms with Crippen molar-refractivity contribution in [2.45, 2.75) is 19.0 Å². The zero-order valence-electron chi connectivity index (χ0n) is 16.6. The molecule has 1 saturated carbocycles. The van der Waals surface area contributed by atoms with E-state index in [0.717, 1.165) is 6.42 Å². The molecule has 2 aromatic rings. The summed E-state index contributed by atoms with van der Waals surface area (Å²) in [7, 11) is 3.38. The monoisotopic (exact) mass is 430 g/mol. The molecule has 0 aromatic carbocycles. The highest BCUT2D eigenvalue weighted by molar-refractivity contribution is 6.32. The normalized spacial score (nSPS) is 24.1. The molecule has 0 aliphatic heterocycles. The van der Waals surface area contributed by atoms with Gasteiger partial charge in [-0.05, 0) is 18.3 Å². The van der Waals surface area contributed by atoms with Gasteiger partial charge in [-0.15, -0.1) is 0 Å². The number of rotatable bonds is 7. The fourth-order valence-electron chi connectivity index (χ4n) is 4.02. The molecule has 4 N–H and O–H groups in total. The number of fused-ring (bicyclic) bond motifs is 2. The van der Waals surface area contributed by atoms with Gasteiger partial charge in [0.2, 0.25) is 17.8 Å². The van der Waals surface area contributed by atoms with Gasteiger partial charge in [-0.25, -0.2) is 4.98 Å². The van der Waals surface area contributed by atoms with Gasteiger partial charge in [0.25, 0.3) is 0 Å². The summed E-state index contributed by atoms with van der Waals surface area (Å²) in [6.45, 7) is 0.134. The van der Waals surface area contributed by atoms with Crippen LogP contribution in [0.1, 0.15) is 6.42 Å². The number of nitrogens with one attached hydrogen (secondary N) is 2. The van der Waals surface area contributed by atoms with Gasteiger partial charge in [0, 0.05) is 26.3 Å². The number of amides is 2. The van der Waals surface area contributed by atoms with Crippen molar-refractivity contribution in [3.63, 3.8) is 0 Å². The lowest BCUT2D eigenvalue weighted by Gasteiger charge is -2.27. The van der Waals surface area contributed by atoms with Crippen LogP contribution >= 0.6 is 11.6 Å². The number of carbonyl (C=O) groups is 2. The molecule has 0 saturated heterocycles. The van der Waals surface area contributed by atoms with Gasteiger partial charge in [0.05, 0.1) is 24.0 Å². The number of nitrogens with zero attached hydrogens (tertiary/aromatic N) is 5. The van der Waals surface area contributed by atoms with Crippen molar-refractivity contribution >= 4 is 40.9 Å². The molecule has 2 aliphatic rings. The van der Waals surface area contributed by atoms with Crippen LogP contribution in [0.25, 0.3) is 0 Å². The van der Waals surface area contributed by atoms with E-state index in [2.05, 4.69) is 37.9 Å². The molecule has 1 fully saturated rings. The van der Waals surface area contributed by atoms with Crippen molar-refractivity contribution in [1.82, 2.24) is 24.6 Å². The molecule has 0 radical (unpaired) electrons. The molecule has 0 unspecified atom stereocenters. The quantitative estimate of drug-likeness (QED) is 0.563. The van der Waals surface area contributed by atoms with Crippen molar-refractivity contribution in [2.24, 2.45) is 23.5 Å². The fourth-order valence-corrected chi connectivity index (χ4v) is 4.16. The molecule has 2 amide bonds. The maximum absolute atomic E-state index is 11.9. The third-order valence-electron chi connectivity index (χ3n) is 5.52. The van der Waals surface area contributed by atoms with Crippen molar-refractivity contribution in [1.29, 1.82) is 0 Å². The molecule has 2 bridgehead atoms. The van der Waals surface area contributed by atoms with Crippen molar-refractivity contribution in [3.05, 3.63) is 35.8 Å². The predicted octanol–water partition coefficient (Wildman–Crippen LogP) is 1.25. The highest BCUT2D eigenvalue weighted by Crippen LogP contribution is 2.45. The number of anilines is 3. The summed E-state index contributed by atoms with van der Waals surface area (Å²) in [5.41, 5.74) is 6.26. The van der Waals surface area contributed by atoms with Crippen LogP contribution in [-0.2, 0) is 16.1 Å². The van der Waals surface area contributed by atoms with Gasteiger partial charge < -0.3 is 21.3 Å². The largest absolute Gasteiger partial charge is 0.369 e. The second kappa shape index (κ2) is 7.94. The number of nitrogens with two attached hydrogens (primary N) is 1. The summed E-state index contributed by atoms with van der Waals surface area (Å²) in [5, 5.41) is 10.9. The van der Waals surface area contributed by atoms with Crippen molar-refractivity contribution < 1.29 is 9.59 Å². The molecule has 2 aliphatic carbocycles. The average Bonchev–Trinajstić information content (AvgIpc) is 3.40. The number of likely N-dealkylation sites (N-methyl/N-ethyl adjacent to an activating group) is 1. The third kappa shape index (κ3) is 3.95. The van der Waals surface area contributed by atoms with Gasteiger partial charge in [0.15, 0.2) is 5.82 Å². The summed E-state index contributed by atoms with van der Waals surface area (Å²) < 4.78 is 1.53. The Morgan fingerprint density at radius 1 is 1.30 bits per heavy atom. The molecular weight excluding hydrogens is 408 g/mol. The molecular formula is C19H23ClN8O2. The lowest BCUT2D eigenvalue weighted by molar-refractivity contribution is -0.129. The second-order valence-electron chi connectivity index (χ2n) is 7.78.